The Morgan fingerprint density at radius 1 is 0.963 bits per heavy atom. The molecule has 6 nitrogen and oxygen atoms in total. The van der Waals surface area contributed by atoms with Gasteiger partial charge in [-0.2, -0.15) is 0 Å². The smallest absolute Gasteiger partial charge is 0.258 e. The highest BCUT2D eigenvalue weighted by atomic mass is 35.5. The highest BCUT2D eigenvalue weighted by Gasteiger charge is 2.10. The lowest BCUT2D eigenvalue weighted by molar-refractivity contribution is -0.128. The normalized spacial score (nSPS) is 10.6. The molecule has 0 saturated heterocycles. The van der Waals surface area contributed by atoms with Gasteiger partial charge in [0.2, 0.25) is 5.91 Å². The molecular weight excluding hydrogens is 386 g/mol. The van der Waals surface area contributed by atoms with E-state index < -0.39 is 5.91 Å². The van der Waals surface area contributed by atoms with Crippen molar-refractivity contribution in [3.05, 3.63) is 76.2 Å². The Morgan fingerprint density at radius 3 is 2.48 bits per heavy atom. The number of thioether (sulfide) groups is 1. The monoisotopic (exact) mass is 401 g/mol. The van der Waals surface area contributed by atoms with Crippen molar-refractivity contribution in [3.63, 3.8) is 0 Å². The van der Waals surface area contributed by atoms with Gasteiger partial charge in [0.25, 0.3) is 11.5 Å². The van der Waals surface area contributed by atoms with Gasteiger partial charge < -0.3 is 4.57 Å². The van der Waals surface area contributed by atoms with Gasteiger partial charge in [0.15, 0.2) is 0 Å². The maximum Gasteiger partial charge on any atom is 0.258 e. The van der Waals surface area contributed by atoms with Gasteiger partial charge in [0, 0.05) is 27.6 Å². The number of hydrogen-bond acceptors (Lipinski definition) is 4. The second-order valence-corrected chi connectivity index (χ2v) is 7.07. The Morgan fingerprint density at radius 2 is 1.70 bits per heavy atom. The van der Waals surface area contributed by atoms with Gasteiger partial charge in [0.1, 0.15) is 6.54 Å². The SMILES string of the molecule is O=C(CSc1cccc2cccc(Cl)c12)NNC(=O)Cn1ccccc1=O. The topological polar surface area (TPSA) is 80.2 Å². The minimum absolute atomic E-state index is 0.107. The minimum Gasteiger partial charge on any atom is -0.306 e. The maximum atomic E-state index is 12.0. The zero-order valence-corrected chi connectivity index (χ0v) is 15.7. The van der Waals surface area contributed by atoms with E-state index in [4.69, 9.17) is 11.6 Å². The van der Waals surface area contributed by atoms with Crippen LogP contribution in [0.2, 0.25) is 5.02 Å². The predicted octanol–water partition coefficient (Wildman–Crippen LogP) is 2.59. The van der Waals surface area contributed by atoms with Crippen molar-refractivity contribution >= 4 is 45.9 Å². The summed E-state index contributed by atoms with van der Waals surface area (Å²) in [5.41, 5.74) is 4.36. The summed E-state index contributed by atoms with van der Waals surface area (Å²) in [6.45, 7) is -0.175. The van der Waals surface area contributed by atoms with E-state index in [0.717, 1.165) is 15.7 Å². The second kappa shape index (κ2) is 8.75. The Kier molecular flexibility index (Phi) is 6.16. The summed E-state index contributed by atoms with van der Waals surface area (Å²) >= 11 is 7.60. The first-order valence-electron chi connectivity index (χ1n) is 8.08. The van der Waals surface area contributed by atoms with Crippen LogP contribution < -0.4 is 16.4 Å². The first-order chi connectivity index (χ1) is 13.0. The standard InChI is InChI=1S/C19H16ClN3O3S/c20-14-7-3-5-13-6-4-8-15(19(13)14)27-12-17(25)22-21-16(24)11-23-10-2-1-9-18(23)26/h1-10H,11-12H2,(H,21,24)(H,22,25). The zero-order chi connectivity index (χ0) is 19.2. The highest BCUT2D eigenvalue weighted by Crippen LogP contribution is 2.32. The molecule has 27 heavy (non-hydrogen) atoms. The molecule has 0 unspecified atom stereocenters. The van der Waals surface area contributed by atoms with Crippen molar-refractivity contribution < 1.29 is 9.59 Å². The van der Waals surface area contributed by atoms with E-state index in [1.165, 1.54) is 28.6 Å². The van der Waals surface area contributed by atoms with E-state index in [2.05, 4.69) is 10.9 Å². The lowest BCUT2D eigenvalue weighted by Gasteiger charge is -2.10. The van der Waals surface area contributed by atoms with E-state index in [0.29, 0.717) is 5.02 Å². The van der Waals surface area contributed by atoms with Gasteiger partial charge in [-0.3, -0.25) is 25.2 Å². The number of nitrogens with zero attached hydrogens (tertiary/aromatic N) is 1. The number of hydrazine groups is 1. The van der Waals surface area contributed by atoms with Gasteiger partial charge >= 0.3 is 0 Å². The van der Waals surface area contributed by atoms with Crippen LogP contribution in [0.25, 0.3) is 10.8 Å². The number of hydrogen-bond donors (Lipinski definition) is 2. The number of aromatic nitrogens is 1. The first-order valence-corrected chi connectivity index (χ1v) is 9.44. The Hall–Kier alpha value is -2.77. The van der Waals surface area contributed by atoms with Crippen molar-refractivity contribution in [2.75, 3.05) is 5.75 Å². The quantitative estimate of drug-likeness (QED) is 0.508. The molecule has 0 spiro atoms. The number of fused-ring (bicyclic) bond motifs is 1. The van der Waals surface area contributed by atoms with Gasteiger partial charge in [-0.1, -0.05) is 41.9 Å². The molecule has 0 bridgehead atoms. The van der Waals surface area contributed by atoms with E-state index >= 15 is 0 Å². The fraction of sp³-hybridized carbons (Fsp3) is 0.105. The third kappa shape index (κ3) is 4.90. The van der Waals surface area contributed by atoms with Crippen molar-refractivity contribution in [3.8, 4) is 0 Å². The van der Waals surface area contributed by atoms with Gasteiger partial charge in [-0.05, 0) is 23.6 Å². The molecule has 1 heterocycles. The van der Waals surface area contributed by atoms with Crippen LogP contribution in [0.3, 0.4) is 0 Å². The van der Waals surface area contributed by atoms with Crippen molar-refractivity contribution in [1.82, 2.24) is 15.4 Å². The summed E-state index contributed by atoms with van der Waals surface area (Å²) < 4.78 is 1.24. The van der Waals surface area contributed by atoms with E-state index in [1.54, 1.807) is 18.2 Å². The third-order valence-electron chi connectivity index (χ3n) is 3.73. The average Bonchev–Trinajstić information content (AvgIpc) is 2.66. The van der Waals surface area contributed by atoms with Crippen LogP contribution in [0, 0.1) is 0 Å². The largest absolute Gasteiger partial charge is 0.306 e. The summed E-state index contributed by atoms with van der Waals surface area (Å²) in [4.78, 5) is 36.3. The van der Waals surface area contributed by atoms with Crippen LogP contribution in [0.15, 0.2) is 70.5 Å². The predicted molar refractivity (Wildman–Crippen MR) is 107 cm³/mol. The molecule has 2 amide bonds. The molecule has 0 atom stereocenters. The van der Waals surface area contributed by atoms with Crippen LogP contribution >= 0.6 is 23.4 Å². The van der Waals surface area contributed by atoms with E-state index in [1.807, 2.05) is 30.3 Å². The van der Waals surface area contributed by atoms with Crippen molar-refractivity contribution in [2.45, 2.75) is 11.4 Å². The van der Waals surface area contributed by atoms with Crippen LogP contribution in [-0.2, 0) is 16.1 Å². The fourth-order valence-corrected chi connectivity index (χ4v) is 3.73. The van der Waals surface area contributed by atoms with Gasteiger partial charge in [-0.25, -0.2) is 0 Å². The highest BCUT2D eigenvalue weighted by molar-refractivity contribution is 8.00. The number of carbonyl (C=O) groups excluding carboxylic acids is 2. The summed E-state index contributed by atoms with van der Waals surface area (Å²) in [7, 11) is 0. The summed E-state index contributed by atoms with van der Waals surface area (Å²) in [5.74, 6) is -0.747. The van der Waals surface area contributed by atoms with Crippen molar-refractivity contribution in [1.29, 1.82) is 0 Å². The Bertz CT molecular complexity index is 1050. The molecule has 2 N–H and O–H groups in total. The number of halogens is 1. The number of nitrogens with one attached hydrogen (secondary N) is 2. The summed E-state index contributed by atoms with van der Waals surface area (Å²) in [6.07, 6.45) is 1.50. The van der Waals surface area contributed by atoms with Crippen LogP contribution in [0.1, 0.15) is 0 Å². The molecule has 2 aromatic carbocycles. The van der Waals surface area contributed by atoms with E-state index in [9.17, 15) is 14.4 Å². The average molecular weight is 402 g/mol. The van der Waals surface area contributed by atoms with Crippen LogP contribution in [-0.4, -0.2) is 22.1 Å². The molecular formula is C19H16ClN3O3S. The lowest BCUT2D eigenvalue weighted by Crippen LogP contribution is -2.44. The Balaban J connectivity index is 1.54. The molecule has 138 valence electrons. The molecule has 0 aliphatic carbocycles. The Labute approximate surface area is 164 Å². The molecule has 0 saturated carbocycles. The fourth-order valence-electron chi connectivity index (χ4n) is 2.49. The summed E-state index contributed by atoms with van der Waals surface area (Å²) in [6, 6.07) is 16.0. The molecule has 1 aromatic heterocycles. The minimum atomic E-state index is -0.491. The third-order valence-corrected chi connectivity index (χ3v) is 5.10. The molecule has 0 fully saturated rings. The zero-order valence-electron chi connectivity index (χ0n) is 14.1. The molecule has 8 heteroatoms. The molecule has 0 radical (unpaired) electrons. The van der Waals surface area contributed by atoms with Gasteiger partial charge in [0.05, 0.1) is 5.75 Å². The van der Waals surface area contributed by atoms with E-state index in [-0.39, 0.29) is 23.8 Å². The van der Waals surface area contributed by atoms with Crippen molar-refractivity contribution in [2.24, 2.45) is 0 Å². The number of carbonyl (C=O) groups is 2. The molecule has 3 rings (SSSR count). The number of pyridine rings is 1. The molecule has 0 aliphatic heterocycles. The molecule has 3 aromatic rings. The van der Waals surface area contributed by atoms with Gasteiger partial charge in [-0.15, -0.1) is 11.8 Å². The number of amides is 2. The summed E-state index contributed by atoms with van der Waals surface area (Å²) in [5, 5.41) is 2.51. The number of rotatable bonds is 5. The molecule has 0 aliphatic rings. The number of benzene rings is 2. The second-order valence-electron chi connectivity index (χ2n) is 5.65. The van der Waals surface area contributed by atoms with Crippen LogP contribution in [0.4, 0.5) is 0 Å². The lowest BCUT2D eigenvalue weighted by atomic mass is 10.1. The maximum absolute atomic E-state index is 12.0. The first kappa shape index (κ1) is 19.0. The van der Waals surface area contributed by atoms with Crippen LogP contribution in [0.5, 0.6) is 0 Å².